The van der Waals surface area contributed by atoms with Gasteiger partial charge in [-0.05, 0) is 69.8 Å². The summed E-state index contributed by atoms with van der Waals surface area (Å²) in [5, 5.41) is 32.7. The number of halogens is 1. The Kier molecular flexibility index (Phi) is 8.86. The van der Waals surface area contributed by atoms with Gasteiger partial charge in [-0.2, -0.15) is 0 Å². The number of benzene rings is 1. The van der Waals surface area contributed by atoms with Gasteiger partial charge in [0.15, 0.2) is 11.5 Å². The lowest BCUT2D eigenvalue weighted by Crippen LogP contribution is -1.98. The summed E-state index contributed by atoms with van der Waals surface area (Å²) in [5.41, 5.74) is 4.99. The standard InChI is InChI=1S/C21H25IO4S/c1-3-6-14(11-18(24)20-9-5-10-27-20)7-4-8-17(23)15-12-16(22)21(25)19(13-15)26-2/h4-5,9-10,12-13,17-18,23-25H,3,6,8,11H2,1-2H3/t7?,17-,18-/m1/s1. The van der Waals surface area contributed by atoms with Gasteiger partial charge in [-0.15, -0.1) is 17.1 Å². The van der Waals surface area contributed by atoms with Crippen LogP contribution < -0.4 is 4.74 Å². The van der Waals surface area contributed by atoms with Gasteiger partial charge in [0.05, 0.1) is 22.9 Å². The Morgan fingerprint density at radius 2 is 2.11 bits per heavy atom. The van der Waals surface area contributed by atoms with Crippen molar-refractivity contribution in [2.24, 2.45) is 0 Å². The van der Waals surface area contributed by atoms with Gasteiger partial charge in [-0.1, -0.05) is 19.4 Å². The summed E-state index contributed by atoms with van der Waals surface area (Å²) in [6.45, 7) is 2.10. The van der Waals surface area contributed by atoms with Gasteiger partial charge in [0.1, 0.15) is 0 Å². The second-order valence-corrected chi connectivity index (χ2v) is 8.38. The highest BCUT2D eigenvalue weighted by molar-refractivity contribution is 14.1. The van der Waals surface area contributed by atoms with Gasteiger partial charge in [-0.3, -0.25) is 0 Å². The number of aliphatic hydroxyl groups excluding tert-OH is 2. The van der Waals surface area contributed by atoms with Crippen molar-refractivity contribution < 1.29 is 20.1 Å². The number of phenols is 1. The molecule has 0 spiro atoms. The maximum atomic E-state index is 10.5. The van der Waals surface area contributed by atoms with Gasteiger partial charge < -0.3 is 20.1 Å². The largest absolute Gasteiger partial charge is 0.504 e. The minimum Gasteiger partial charge on any atom is -0.504 e. The van der Waals surface area contributed by atoms with Crippen LogP contribution in [0, 0.1) is 3.57 Å². The van der Waals surface area contributed by atoms with Crippen LogP contribution in [-0.2, 0) is 0 Å². The zero-order valence-corrected chi connectivity index (χ0v) is 18.5. The van der Waals surface area contributed by atoms with Crippen molar-refractivity contribution in [2.45, 2.75) is 44.8 Å². The zero-order chi connectivity index (χ0) is 19.8. The Hall–Kier alpha value is -1.31. The van der Waals surface area contributed by atoms with Crippen molar-refractivity contribution >= 4 is 33.9 Å². The third-order valence-electron chi connectivity index (χ3n) is 4.17. The third kappa shape index (κ3) is 6.36. The van der Waals surface area contributed by atoms with Crippen molar-refractivity contribution in [3.8, 4) is 11.5 Å². The highest BCUT2D eigenvalue weighted by Gasteiger charge is 2.14. The molecule has 0 radical (unpaired) electrons. The van der Waals surface area contributed by atoms with E-state index in [2.05, 4.69) is 12.7 Å². The van der Waals surface area contributed by atoms with E-state index in [0.29, 0.717) is 27.7 Å². The molecule has 27 heavy (non-hydrogen) atoms. The third-order valence-corrected chi connectivity index (χ3v) is 5.96. The molecule has 0 saturated heterocycles. The molecule has 0 bridgehead atoms. The molecule has 0 unspecified atom stereocenters. The highest BCUT2D eigenvalue weighted by Crippen LogP contribution is 2.35. The van der Waals surface area contributed by atoms with Crippen LogP contribution >= 0.6 is 33.9 Å². The summed E-state index contributed by atoms with van der Waals surface area (Å²) in [6.07, 6.45) is 3.37. The minimum atomic E-state index is -0.717. The average Bonchev–Trinajstić information content (AvgIpc) is 3.18. The molecule has 3 N–H and O–H groups in total. The molecule has 0 aliphatic heterocycles. The van der Waals surface area contributed by atoms with Crippen molar-refractivity contribution in [1.29, 1.82) is 0 Å². The summed E-state index contributed by atoms with van der Waals surface area (Å²) >= 11 is 3.56. The van der Waals surface area contributed by atoms with Gasteiger partial charge in [0.25, 0.3) is 0 Å². The van der Waals surface area contributed by atoms with Gasteiger partial charge in [0.2, 0.25) is 0 Å². The van der Waals surface area contributed by atoms with Crippen molar-refractivity contribution in [2.75, 3.05) is 7.11 Å². The van der Waals surface area contributed by atoms with Crippen LogP contribution in [0.2, 0.25) is 0 Å². The summed E-state index contributed by atoms with van der Waals surface area (Å²) in [4.78, 5) is 0.955. The van der Waals surface area contributed by atoms with Crippen molar-refractivity contribution in [1.82, 2.24) is 0 Å². The van der Waals surface area contributed by atoms with E-state index in [1.54, 1.807) is 23.5 Å². The normalized spacial score (nSPS) is 12.9. The molecule has 0 amide bonds. The number of aliphatic hydroxyl groups is 2. The first-order valence-electron chi connectivity index (χ1n) is 8.85. The Bertz CT molecular complexity index is 795. The lowest BCUT2D eigenvalue weighted by Gasteiger charge is -2.13. The molecular weight excluding hydrogens is 475 g/mol. The lowest BCUT2D eigenvalue weighted by atomic mass is 10.0. The van der Waals surface area contributed by atoms with E-state index in [-0.39, 0.29) is 5.75 Å². The number of hydrogen-bond donors (Lipinski definition) is 3. The van der Waals surface area contributed by atoms with Crippen LogP contribution in [0.25, 0.3) is 0 Å². The van der Waals surface area contributed by atoms with Crippen molar-refractivity contribution in [3.63, 3.8) is 0 Å². The maximum Gasteiger partial charge on any atom is 0.171 e. The highest BCUT2D eigenvalue weighted by atomic mass is 127. The summed E-state index contributed by atoms with van der Waals surface area (Å²) in [5.74, 6) is 0.429. The molecular formula is C21H25IO4S. The molecule has 2 atom stereocenters. The first-order chi connectivity index (χ1) is 13.0. The molecule has 1 aromatic heterocycles. The fourth-order valence-electron chi connectivity index (χ4n) is 2.74. The Balaban J connectivity index is 2.10. The van der Waals surface area contributed by atoms with Gasteiger partial charge in [-0.25, -0.2) is 0 Å². The van der Waals surface area contributed by atoms with Crippen LogP contribution in [0.15, 0.2) is 47.0 Å². The predicted octanol–water partition coefficient (Wildman–Crippen LogP) is 5.50. The second-order valence-electron chi connectivity index (χ2n) is 6.24. The molecule has 1 heterocycles. The molecule has 1 aromatic carbocycles. The number of rotatable bonds is 9. The molecule has 0 aliphatic carbocycles. The quantitative estimate of drug-likeness (QED) is 0.315. The first kappa shape index (κ1) is 22.0. The molecule has 146 valence electrons. The lowest BCUT2D eigenvalue weighted by molar-refractivity contribution is 0.180. The zero-order valence-electron chi connectivity index (χ0n) is 15.5. The van der Waals surface area contributed by atoms with E-state index >= 15 is 0 Å². The number of phenolic OH excluding ortho intramolecular Hbond substituents is 1. The molecule has 0 saturated carbocycles. The fraction of sp³-hybridized carbons (Fsp3) is 0.381. The van der Waals surface area contributed by atoms with Gasteiger partial charge in [0, 0.05) is 17.7 Å². The molecule has 0 aliphatic rings. The molecule has 2 rings (SSSR count). The molecule has 2 aromatic rings. The van der Waals surface area contributed by atoms with E-state index in [1.807, 2.05) is 46.2 Å². The maximum absolute atomic E-state index is 10.5. The number of methoxy groups -OCH3 is 1. The van der Waals surface area contributed by atoms with Crippen LogP contribution in [0.3, 0.4) is 0 Å². The van der Waals surface area contributed by atoms with E-state index in [0.717, 1.165) is 23.3 Å². The molecule has 4 nitrogen and oxygen atoms in total. The van der Waals surface area contributed by atoms with E-state index < -0.39 is 12.2 Å². The Labute approximate surface area is 178 Å². The van der Waals surface area contributed by atoms with Crippen LogP contribution in [-0.4, -0.2) is 22.4 Å². The number of hydrogen-bond acceptors (Lipinski definition) is 5. The smallest absolute Gasteiger partial charge is 0.171 e. The number of ether oxygens (including phenoxy) is 1. The molecule has 0 fully saturated rings. The second kappa shape index (κ2) is 10.9. The Morgan fingerprint density at radius 3 is 2.74 bits per heavy atom. The summed E-state index contributed by atoms with van der Waals surface area (Å²) in [7, 11) is 1.49. The number of aromatic hydroxyl groups is 1. The predicted molar refractivity (Wildman–Crippen MR) is 117 cm³/mol. The van der Waals surface area contributed by atoms with E-state index in [4.69, 9.17) is 4.74 Å². The Morgan fingerprint density at radius 1 is 1.33 bits per heavy atom. The van der Waals surface area contributed by atoms with Crippen LogP contribution in [0.4, 0.5) is 0 Å². The topological polar surface area (TPSA) is 69.9 Å². The fourth-order valence-corrected chi connectivity index (χ4v) is 4.08. The van der Waals surface area contributed by atoms with E-state index in [1.165, 1.54) is 7.11 Å². The van der Waals surface area contributed by atoms with Crippen molar-refractivity contribution in [3.05, 3.63) is 61.0 Å². The SMILES string of the molecule is CCCC(=C=CC[C@@H](O)c1cc(I)c(O)c(OC)c1)C[C@@H](O)c1cccs1. The van der Waals surface area contributed by atoms with E-state index in [9.17, 15) is 15.3 Å². The van der Waals surface area contributed by atoms with Gasteiger partial charge >= 0.3 is 0 Å². The summed E-state index contributed by atoms with van der Waals surface area (Å²) < 4.78 is 5.78. The molecule has 6 heteroatoms. The first-order valence-corrected chi connectivity index (χ1v) is 10.8. The average molecular weight is 500 g/mol. The minimum absolute atomic E-state index is 0.0808. The van der Waals surface area contributed by atoms with Crippen LogP contribution in [0.5, 0.6) is 11.5 Å². The number of thiophene rings is 1. The summed E-state index contributed by atoms with van der Waals surface area (Å²) in [6, 6.07) is 7.26. The van der Waals surface area contributed by atoms with Crippen LogP contribution in [0.1, 0.15) is 55.3 Å². The monoisotopic (exact) mass is 500 g/mol.